The van der Waals surface area contributed by atoms with Crippen molar-refractivity contribution in [3.63, 3.8) is 0 Å². The predicted octanol–water partition coefficient (Wildman–Crippen LogP) is 5.35. The van der Waals surface area contributed by atoms with Crippen molar-refractivity contribution in [3.05, 3.63) is 88.9 Å². The number of anilines is 3. The molecule has 5 N–H and O–H groups in total. The number of aryl methyl sites for hydroxylation is 1. The van der Waals surface area contributed by atoms with Gasteiger partial charge in [-0.1, -0.05) is 31.2 Å². The molecule has 0 radical (unpaired) electrons. The van der Waals surface area contributed by atoms with Crippen LogP contribution in [0.3, 0.4) is 0 Å². The average Bonchev–Trinajstić information content (AvgIpc) is 3.24. The van der Waals surface area contributed by atoms with E-state index in [0.29, 0.717) is 30.3 Å². The first-order valence-electron chi connectivity index (χ1n) is 15.6. The molecular weight excluding hydrogens is 633 g/mol. The van der Waals surface area contributed by atoms with Gasteiger partial charge >= 0.3 is 5.16 Å². The van der Waals surface area contributed by atoms with E-state index in [1.807, 2.05) is 38.1 Å². The minimum Gasteiger partial charge on any atom is -0.609 e. The summed E-state index contributed by atoms with van der Waals surface area (Å²) >= 11 is 0.338. The van der Waals surface area contributed by atoms with Crippen molar-refractivity contribution in [2.75, 3.05) is 35.4 Å². The molecule has 3 atom stereocenters. The fourth-order valence-corrected chi connectivity index (χ4v) is 7.02. The van der Waals surface area contributed by atoms with E-state index < -0.39 is 11.2 Å². The van der Waals surface area contributed by atoms with Gasteiger partial charge in [-0.3, -0.25) is 4.79 Å². The minimum atomic E-state index is -1.32. The van der Waals surface area contributed by atoms with E-state index in [0.717, 1.165) is 51.4 Å². The van der Waals surface area contributed by atoms with Gasteiger partial charge in [0.25, 0.3) is 0 Å². The fourth-order valence-electron chi connectivity index (χ4n) is 5.57. The molecule has 1 aliphatic heterocycles. The third kappa shape index (κ3) is 8.17. The molecule has 0 bridgehead atoms. The summed E-state index contributed by atoms with van der Waals surface area (Å²) in [5.41, 5.74) is 13.5. The molecule has 0 fully saturated rings. The molecule has 2 aromatic carbocycles. The number of carbonyl (C=O) groups is 1. The lowest BCUT2D eigenvalue weighted by molar-refractivity contribution is -0.116. The first kappa shape index (κ1) is 34.5. The number of nitrogens with one attached hydrogen (secondary N) is 1. The van der Waals surface area contributed by atoms with Gasteiger partial charge in [0, 0.05) is 49.3 Å². The normalized spacial score (nSPS) is 16.0. The number of nitrogens with two attached hydrogens (primary N) is 2. The zero-order valence-corrected chi connectivity index (χ0v) is 29.0. The second-order valence-corrected chi connectivity index (χ2v) is 14.0. The molecule has 13 heteroatoms. The molecule has 0 saturated heterocycles. The zero-order chi connectivity index (χ0) is 33.7. The molecule has 2 unspecified atom stereocenters. The highest BCUT2D eigenvalue weighted by Gasteiger charge is 2.26. The Morgan fingerprint density at radius 2 is 1.96 bits per heavy atom. The van der Waals surface area contributed by atoms with Crippen LogP contribution in [0.2, 0.25) is 0 Å². The Morgan fingerprint density at radius 3 is 2.66 bits per heavy atom. The lowest BCUT2D eigenvalue weighted by Gasteiger charge is -2.26. The lowest BCUT2D eigenvalue weighted by atomic mass is 9.83. The molecule has 3 heterocycles. The Labute approximate surface area is 283 Å². The van der Waals surface area contributed by atoms with Crippen LogP contribution in [0.5, 0.6) is 5.88 Å². The quantitative estimate of drug-likeness (QED) is 0.0470. The number of ether oxygens (including phenoxy) is 1. The number of rotatable bonds is 11. The minimum absolute atomic E-state index is 0.0170. The molecule has 1 amide bonds. The molecule has 0 aliphatic carbocycles. The summed E-state index contributed by atoms with van der Waals surface area (Å²) in [6.45, 7) is 10.2. The van der Waals surface area contributed by atoms with Crippen molar-refractivity contribution >= 4 is 46.1 Å². The maximum atomic E-state index is 13.6. The molecule has 47 heavy (non-hydrogen) atoms. The highest BCUT2D eigenvalue weighted by atomic mass is 32.2. The monoisotopic (exact) mass is 674 g/mol. The number of aromatic nitrogens is 3. The number of pyridine rings is 1. The largest absolute Gasteiger partial charge is 0.609 e. The van der Waals surface area contributed by atoms with Crippen LogP contribution in [0.25, 0.3) is 0 Å². The third-order valence-corrected chi connectivity index (χ3v) is 10.1. The summed E-state index contributed by atoms with van der Waals surface area (Å²) in [6.07, 6.45) is 7.24. The highest BCUT2D eigenvalue weighted by molar-refractivity contribution is 7.97. The summed E-state index contributed by atoms with van der Waals surface area (Å²) in [5, 5.41) is 4.74. The van der Waals surface area contributed by atoms with Crippen LogP contribution in [0.4, 0.5) is 17.1 Å². The van der Waals surface area contributed by atoms with Gasteiger partial charge in [-0.05, 0) is 85.2 Å². The molecule has 248 valence electrons. The van der Waals surface area contributed by atoms with E-state index in [2.05, 4.69) is 56.6 Å². The molecule has 5 rings (SSSR count). The van der Waals surface area contributed by atoms with Crippen LogP contribution < -0.4 is 26.6 Å². The first-order valence-corrected chi connectivity index (χ1v) is 17.9. The second-order valence-electron chi connectivity index (χ2n) is 11.6. The standard InChI is InChI=1S/C34H42N8O3S2/c1-6-26-20-41(46-30-9-8-14-37-33(30)45-26)19-24-15-23(11-10-21(24)3)28(27-12-13-29(42(36)7-2)32(35)22(27)4)16-31(43)40-25-17-38-34(39-18-25)47(5)44/h8-15,17-18,26,28H,6-7,16,19-20,35-36H2,1-5H3,(H,40,43)/t26-,28?,47?/m1/s1. The van der Waals surface area contributed by atoms with Gasteiger partial charge in [0.15, 0.2) is 0 Å². The van der Waals surface area contributed by atoms with Crippen LogP contribution in [0.15, 0.2) is 71.1 Å². The smallest absolute Gasteiger partial charge is 0.342 e. The van der Waals surface area contributed by atoms with Crippen molar-refractivity contribution in [1.82, 2.24) is 19.3 Å². The Bertz CT molecular complexity index is 1710. The third-order valence-electron chi connectivity index (χ3n) is 8.34. The van der Waals surface area contributed by atoms with Crippen LogP contribution in [0.1, 0.15) is 60.4 Å². The van der Waals surface area contributed by atoms with Gasteiger partial charge in [-0.15, -0.1) is 0 Å². The fraction of sp³-hybridized carbons (Fsp3) is 0.353. The molecule has 4 aromatic rings. The summed E-state index contributed by atoms with van der Waals surface area (Å²) in [6, 6.07) is 14.3. The van der Waals surface area contributed by atoms with Crippen LogP contribution in [0, 0.1) is 13.8 Å². The van der Waals surface area contributed by atoms with Gasteiger partial charge in [-0.25, -0.2) is 15.1 Å². The van der Waals surface area contributed by atoms with Crippen molar-refractivity contribution in [1.29, 1.82) is 0 Å². The number of nitrogens with zero attached hydrogens (tertiary/aromatic N) is 5. The summed E-state index contributed by atoms with van der Waals surface area (Å²) in [5.74, 6) is 6.37. The van der Waals surface area contributed by atoms with Crippen LogP contribution >= 0.6 is 11.9 Å². The predicted molar refractivity (Wildman–Crippen MR) is 189 cm³/mol. The molecule has 11 nitrogen and oxygen atoms in total. The van der Waals surface area contributed by atoms with Crippen LogP contribution in [-0.4, -0.2) is 55.2 Å². The topological polar surface area (TPSA) is 159 Å². The Balaban J connectivity index is 1.48. The number of hydrogen-bond acceptors (Lipinski definition) is 11. The van der Waals surface area contributed by atoms with E-state index in [-0.39, 0.29) is 29.5 Å². The second kappa shape index (κ2) is 15.3. The van der Waals surface area contributed by atoms with Crippen molar-refractivity contribution < 1.29 is 14.1 Å². The van der Waals surface area contributed by atoms with Crippen LogP contribution in [-0.2, 0) is 22.5 Å². The van der Waals surface area contributed by atoms with E-state index in [1.54, 1.807) is 23.2 Å². The number of hydrazine groups is 1. The van der Waals surface area contributed by atoms with Gasteiger partial charge in [0.05, 0.1) is 34.4 Å². The number of fused-ring (bicyclic) bond motifs is 1. The Hall–Kier alpha value is -3.88. The highest BCUT2D eigenvalue weighted by Crippen LogP contribution is 2.39. The van der Waals surface area contributed by atoms with Gasteiger partial charge in [-0.2, -0.15) is 9.97 Å². The number of nitrogen functional groups attached to an aromatic ring is 1. The van der Waals surface area contributed by atoms with E-state index in [9.17, 15) is 9.35 Å². The first-order chi connectivity index (χ1) is 22.6. The molecule has 0 saturated carbocycles. The van der Waals surface area contributed by atoms with E-state index in [1.165, 1.54) is 18.6 Å². The lowest BCUT2D eigenvalue weighted by Crippen LogP contribution is -2.31. The molecular formula is C34H42N8O3S2. The molecule has 0 spiro atoms. The average molecular weight is 675 g/mol. The van der Waals surface area contributed by atoms with Crippen molar-refractivity contribution in [2.24, 2.45) is 5.84 Å². The van der Waals surface area contributed by atoms with Gasteiger partial charge < -0.3 is 25.3 Å². The summed E-state index contributed by atoms with van der Waals surface area (Å²) < 4.78 is 20.3. The number of amides is 1. The Morgan fingerprint density at radius 1 is 1.19 bits per heavy atom. The van der Waals surface area contributed by atoms with Crippen molar-refractivity contribution in [2.45, 2.75) is 69.2 Å². The Kier molecular flexibility index (Phi) is 11.3. The van der Waals surface area contributed by atoms with Gasteiger partial charge in [0.2, 0.25) is 11.8 Å². The van der Waals surface area contributed by atoms with Crippen molar-refractivity contribution in [3.8, 4) is 5.88 Å². The summed E-state index contributed by atoms with van der Waals surface area (Å²) in [7, 11) is 0. The van der Waals surface area contributed by atoms with Gasteiger partial charge in [0.1, 0.15) is 12.4 Å². The molecule has 1 aliphatic rings. The van der Waals surface area contributed by atoms with E-state index in [4.69, 9.17) is 16.3 Å². The number of carbonyl (C=O) groups excluding carboxylic acids is 1. The molecule has 2 aromatic heterocycles. The number of benzene rings is 2. The maximum Gasteiger partial charge on any atom is 0.342 e. The maximum absolute atomic E-state index is 13.6. The SMILES string of the molecule is CC[C@@H]1CN(Cc2cc(C(CC(=O)Nc3cnc([S+](C)[O-])nc3)c3ccc(N(N)CC)c(N)c3C)ccc2C)Sc2cccnc2O1. The zero-order valence-electron chi connectivity index (χ0n) is 27.4. The van der Waals surface area contributed by atoms with E-state index >= 15 is 0 Å². The number of hydrogen-bond donors (Lipinski definition) is 3. The summed E-state index contributed by atoms with van der Waals surface area (Å²) in [4.78, 5) is 27.3.